The molecule has 0 unspecified atom stereocenters. The molecule has 98 valence electrons. The van der Waals surface area contributed by atoms with Gasteiger partial charge in [-0.15, -0.1) is 0 Å². The summed E-state index contributed by atoms with van der Waals surface area (Å²) in [6.45, 7) is 0. The van der Waals surface area contributed by atoms with Crippen molar-refractivity contribution in [2.45, 2.75) is 0 Å². The lowest BCUT2D eigenvalue weighted by atomic mass is 10.0. The molecular weight excluding hydrogens is 344 g/mol. The van der Waals surface area contributed by atoms with E-state index in [-0.39, 0.29) is 10.6 Å². The monoisotopic (exact) mass is 348 g/mol. The molecule has 0 aromatic heterocycles. The van der Waals surface area contributed by atoms with Crippen molar-refractivity contribution in [1.29, 1.82) is 0 Å². The van der Waals surface area contributed by atoms with Gasteiger partial charge in [0.1, 0.15) is 17.5 Å². The van der Waals surface area contributed by atoms with Crippen molar-refractivity contribution in [1.82, 2.24) is 0 Å². The first-order chi connectivity index (χ1) is 8.90. The summed E-state index contributed by atoms with van der Waals surface area (Å²) in [7, 11) is 0. The predicted octanol–water partition coefficient (Wildman–Crippen LogP) is 4.75. The summed E-state index contributed by atoms with van der Waals surface area (Å²) in [6, 6.07) is 5.16. The van der Waals surface area contributed by atoms with Crippen LogP contribution in [0.2, 0.25) is 5.02 Å². The summed E-state index contributed by atoms with van der Waals surface area (Å²) in [5, 5.41) is 0.0440. The van der Waals surface area contributed by atoms with E-state index in [1.807, 2.05) is 0 Å². The molecule has 0 N–H and O–H groups in total. The van der Waals surface area contributed by atoms with Gasteiger partial charge in [0.25, 0.3) is 0 Å². The summed E-state index contributed by atoms with van der Waals surface area (Å²) < 4.78 is 40.4. The molecule has 0 atom stereocenters. The number of ketones is 1. The van der Waals surface area contributed by atoms with Gasteiger partial charge in [-0.25, -0.2) is 13.2 Å². The molecular formula is C13H5BrClF3O. The van der Waals surface area contributed by atoms with Crippen LogP contribution < -0.4 is 0 Å². The number of rotatable bonds is 2. The lowest BCUT2D eigenvalue weighted by molar-refractivity contribution is 0.103. The molecule has 2 aromatic rings. The van der Waals surface area contributed by atoms with Gasteiger partial charge in [-0.05, 0) is 18.2 Å². The molecule has 0 aliphatic rings. The van der Waals surface area contributed by atoms with Crippen LogP contribution in [0, 0.1) is 17.5 Å². The van der Waals surface area contributed by atoms with Crippen LogP contribution in [-0.2, 0) is 0 Å². The van der Waals surface area contributed by atoms with Crippen molar-refractivity contribution in [3.8, 4) is 0 Å². The van der Waals surface area contributed by atoms with Gasteiger partial charge in [-0.1, -0.05) is 27.5 Å². The Labute approximate surface area is 120 Å². The minimum Gasteiger partial charge on any atom is -0.288 e. The quantitative estimate of drug-likeness (QED) is 0.715. The normalized spacial score (nSPS) is 10.6. The maximum atomic E-state index is 13.5. The fourth-order valence-corrected chi connectivity index (χ4v) is 2.33. The average molecular weight is 350 g/mol. The van der Waals surface area contributed by atoms with Crippen molar-refractivity contribution in [2.24, 2.45) is 0 Å². The molecule has 2 aromatic carbocycles. The number of carbonyl (C=O) groups is 1. The van der Waals surface area contributed by atoms with Crippen molar-refractivity contribution in [2.75, 3.05) is 0 Å². The summed E-state index contributed by atoms with van der Waals surface area (Å²) in [5.74, 6) is -4.55. The highest BCUT2D eigenvalue weighted by Crippen LogP contribution is 2.26. The van der Waals surface area contributed by atoms with E-state index in [1.54, 1.807) is 0 Å². The van der Waals surface area contributed by atoms with Crippen LogP contribution in [0.4, 0.5) is 13.2 Å². The second-order valence-corrected chi connectivity index (χ2v) is 5.02. The van der Waals surface area contributed by atoms with E-state index in [1.165, 1.54) is 18.2 Å². The van der Waals surface area contributed by atoms with Crippen LogP contribution in [-0.4, -0.2) is 5.78 Å². The van der Waals surface area contributed by atoms with Crippen molar-refractivity contribution in [3.63, 3.8) is 0 Å². The SMILES string of the molecule is O=C(c1ccc(Br)cc1Cl)c1c(F)cc(F)cc1F. The van der Waals surface area contributed by atoms with E-state index in [0.717, 1.165) is 0 Å². The molecule has 0 heterocycles. The van der Waals surface area contributed by atoms with Crippen molar-refractivity contribution >= 4 is 33.3 Å². The number of benzene rings is 2. The van der Waals surface area contributed by atoms with Crippen LogP contribution in [0.5, 0.6) is 0 Å². The Bertz CT molecular complexity index is 650. The van der Waals surface area contributed by atoms with E-state index in [0.29, 0.717) is 16.6 Å². The minimum atomic E-state index is -1.26. The lowest BCUT2D eigenvalue weighted by Crippen LogP contribution is -2.09. The van der Waals surface area contributed by atoms with Crippen LogP contribution in [0.25, 0.3) is 0 Å². The van der Waals surface area contributed by atoms with E-state index in [2.05, 4.69) is 15.9 Å². The molecule has 0 fully saturated rings. The number of hydrogen-bond acceptors (Lipinski definition) is 1. The zero-order valence-electron chi connectivity index (χ0n) is 9.18. The molecule has 2 rings (SSSR count). The minimum absolute atomic E-state index is 0.0440. The molecule has 0 saturated heterocycles. The predicted molar refractivity (Wildman–Crippen MR) is 68.9 cm³/mol. The average Bonchev–Trinajstić information content (AvgIpc) is 2.26. The second kappa shape index (κ2) is 5.35. The maximum Gasteiger partial charge on any atom is 0.200 e. The van der Waals surface area contributed by atoms with Gasteiger partial charge in [0.2, 0.25) is 0 Å². The molecule has 0 saturated carbocycles. The van der Waals surface area contributed by atoms with Gasteiger partial charge in [0.15, 0.2) is 5.78 Å². The lowest BCUT2D eigenvalue weighted by Gasteiger charge is -2.06. The molecule has 0 spiro atoms. The second-order valence-electron chi connectivity index (χ2n) is 3.70. The first-order valence-corrected chi connectivity index (χ1v) is 6.21. The summed E-state index contributed by atoms with van der Waals surface area (Å²) in [6.07, 6.45) is 0. The molecule has 0 radical (unpaired) electrons. The first-order valence-electron chi connectivity index (χ1n) is 5.04. The molecule has 1 nitrogen and oxygen atoms in total. The zero-order chi connectivity index (χ0) is 14.2. The molecule has 0 bridgehead atoms. The molecule has 19 heavy (non-hydrogen) atoms. The Kier molecular flexibility index (Phi) is 3.96. The Morgan fingerprint density at radius 3 is 2.16 bits per heavy atom. The van der Waals surface area contributed by atoms with Crippen LogP contribution in [0.15, 0.2) is 34.8 Å². The van der Waals surface area contributed by atoms with Gasteiger partial charge in [0.05, 0.1) is 10.6 Å². The van der Waals surface area contributed by atoms with Gasteiger partial charge in [-0.3, -0.25) is 4.79 Å². The molecule has 0 aliphatic carbocycles. The first kappa shape index (κ1) is 14.1. The van der Waals surface area contributed by atoms with Gasteiger partial charge in [0, 0.05) is 22.2 Å². The van der Waals surface area contributed by atoms with Gasteiger partial charge < -0.3 is 0 Å². The Hall–Kier alpha value is -1.33. The Balaban J connectivity index is 2.56. The number of hydrogen-bond donors (Lipinski definition) is 0. The van der Waals surface area contributed by atoms with E-state index < -0.39 is 28.8 Å². The third-order valence-electron chi connectivity index (χ3n) is 2.41. The smallest absolute Gasteiger partial charge is 0.200 e. The third-order valence-corrected chi connectivity index (χ3v) is 3.22. The number of halogens is 5. The molecule has 0 amide bonds. The summed E-state index contributed by atoms with van der Waals surface area (Å²) in [5.41, 5.74) is -0.889. The fraction of sp³-hybridized carbons (Fsp3) is 0. The molecule has 6 heteroatoms. The van der Waals surface area contributed by atoms with Crippen LogP contribution in [0.3, 0.4) is 0 Å². The summed E-state index contributed by atoms with van der Waals surface area (Å²) in [4.78, 5) is 12.0. The Morgan fingerprint density at radius 1 is 1.05 bits per heavy atom. The van der Waals surface area contributed by atoms with Crippen molar-refractivity contribution in [3.05, 3.63) is 68.4 Å². The van der Waals surface area contributed by atoms with Gasteiger partial charge >= 0.3 is 0 Å². The van der Waals surface area contributed by atoms with Crippen LogP contribution >= 0.6 is 27.5 Å². The van der Waals surface area contributed by atoms with E-state index in [9.17, 15) is 18.0 Å². The maximum absolute atomic E-state index is 13.5. The summed E-state index contributed by atoms with van der Waals surface area (Å²) >= 11 is 8.99. The molecule has 0 aliphatic heterocycles. The Morgan fingerprint density at radius 2 is 1.63 bits per heavy atom. The highest BCUT2D eigenvalue weighted by atomic mass is 79.9. The number of carbonyl (C=O) groups excluding carboxylic acids is 1. The van der Waals surface area contributed by atoms with Gasteiger partial charge in [-0.2, -0.15) is 0 Å². The third kappa shape index (κ3) is 2.82. The largest absolute Gasteiger partial charge is 0.288 e. The highest BCUT2D eigenvalue weighted by Gasteiger charge is 2.22. The highest BCUT2D eigenvalue weighted by molar-refractivity contribution is 9.10. The standard InChI is InChI=1S/C13H5BrClF3O/c14-6-1-2-8(9(15)3-6)13(19)12-10(17)4-7(16)5-11(12)18/h1-5H. The van der Waals surface area contributed by atoms with Crippen molar-refractivity contribution < 1.29 is 18.0 Å². The van der Waals surface area contributed by atoms with E-state index in [4.69, 9.17) is 11.6 Å². The fourth-order valence-electron chi connectivity index (χ4n) is 1.57. The zero-order valence-corrected chi connectivity index (χ0v) is 11.5. The van der Waals surface area contributed by atoms with E-state index >= 15 is 0 Å². The topological polar surface area (TPSA) is 17.1 Å². The van der Waals surface area contributed by atoms with Crippen LogP contribution in [0.1, 0.15) is 15.9 Å².